The molecule has 3 aliphatic carbocycles. The van der Waals surface area contributed by atoms with Crippen LogP contribution in [-0.4, -0.2) is 0 Å². The Bertz CT molecular complexity index is 3580. The van der Waals surface area contributed by atoms with Crippen molar-refractivity contribution in [1.29, 1.82) is 0 Å². The van der Waals surface area contributed by atoms with Crippen molar-refractivity contribution in [3.05, 3.63) is 215 Å². The maximum atomic E-state index is 2.51. The normalized spacial score (nSPS) is 15.5. The standard InChI is InChI=1S/C63H48/c1-61(2)53-32-28-38(39-26-30-50-56(35-39)62(3,4)54-33-31-49-42-19-13-14-25-52(42)63(5,6)60(49)59(50)54)34-51(53)43-29-27-40(36-55(43)61)57-45-20-9-11-22-47(45)58(48-23-12-10-21-46(48)57)44-24-15-17-37-16-7-8-18-41(37)44/h7-36H,1-6H3. The fourth-order valence-electron chi connectivity index (χ4n) is 12.5. The third kappa shape index (κ3) is 4.82. The van der Waals surface area contributed by atoms with Crippen molar-refractivity contribution in [2.75, 3.05) is 0 Å². The van der Waals surface area contributed by atoms with Gasteiger partial charge in [0.2, 0.25) is 0 Å². The SMILES string of the molecule is CC1(C)c2ccc(-c3ccc4c(c3)C(C)(C)c3ccc5c(c3-4)C(C)(C)c3ccccc3-5)cc2-c2ccc(-c3c4ccccc4c(-c4cccc5ccccc45)c4ccccc34)cc21. The fourth-order valence-corrected chi connectivity index (χ4v) is 12.5. The zero-order valence-corrected chi connectivity index (χ0v) is 36.8. The summed E-state index contributed by atoms with van der Waals surface area (Å²) in [6, 6.07) is 69.3. The summed E-state index contributed by atoms with van der Waals surface area (Å²) in [5.74, 6) is 0. The van der Waals surface area contributed by atoms with E-state index >= 15 is 0 Å². The first-order valence-corrected chi connectivity index (χ1v) is 22.7. The van der Waals surface area contributed by atoms with Crippen LogP contribution in [0.2, 0.25) is 0 Å². The van der Waals surface area contributed by atoms with Crippen LogP contribution in [0.3, 0.4) is 0 Å². The predicted molar refractivity (Wildman–Crippen MR) is 268 cm³/mol. The minimum Gasteiger partial charge on any atom is -0.0619 e. The molecule has 0 heterocycles. The van der Waals surface area contributed by atoms with E-state index in [1.165, 1.54) is 132 Å². The molecule has 10 aromatic rings. The summed E-state index contributed by atoms with van der Waals surface area (Å²) in [4.78, 5) is 0. The van der Waals surface area contributed by atoms with Gasteiger partial charge in [-0.15, -0.1) is 0 Å². The van der Waals surface area contributed by atoms with Crippen LogP contribution in [0.15, 0.2) is 182 Å². The number of benzene rings is 10. The van der Waals surface area contributed by atoms with Gasteiger partial charge in [-0.2, -0.15) is 0 Å². The smallest absolute Gasteiger partial charge is 0.0165 e. The van der Waals surface area contributed by atoms with Crippen LogP contribution in [0.5, 0.6) is 0 Å². The lowest BCUT2D eigenvalue weighted by atomic mass is 9.77. The van der Waals surface area contributed by atoms with Crippen molar-refractivity contribution < 1.29 is 0 Å². The number of hydrogen-bond acceptors (Lipinski definition) is 0. The van der Waals surface area contributed by atoms with Crippen molar-refractivity contribution in [1.82, 2.24) is 0 Å². The van der Waals surface area contributed by atoms with E-state index in [4.69, 9.17) is 0 Å². The maximum Gasteiger partial charge on any atom is 0.0165 e. The highest BCUT2D eigenvalue weighted by atomic mass is 14.5. The Labute approximate surface area is 370 Å². The second kappa shape index (κ2) is 12.6. The zero-order valence-electron chi connectivity index (χ0n) is 36.8. The molecule has 0 heteroatoms. The molecule has 0 atom stereocenters. The summed E-state index contributed by atoms with van der Waals surface area (Å²) in [6.07, 6.45) is 0. The van der Waals surface area contributed by atoms with Crippen LogP contribution < -0.4 is 0 Å². The van der Waals surface area contributed by atoms with Gasteiger partial charge in [0.1, 0.15) is 0 Å². The highest BCUT2D eigenvalue weighted by Gasteiger charge is 2.44. The molecule has 0 aromatic heterocycles. The van der Waals surface area contributed by atoms with Gasteiger partial charge in [-0.1, -0.05) is 205 Å². The molecular weight excluding hydrogens is 757 g/mol. The molecule has 0 fully saturated rings. The second-order valence-electron chi connectivity index (χ2n) is 20.0. The Morgan fingerprint density at radius 2 is 0.730 bits per heavy atom. The molecule has 0 radical (unpaired) electrons. The fraction of sp³-hybridized carbons (Fsp3) is 0.143. The van der Waals surface area contributed by atoms with Crippen LogP contribution in [0.4, 0.5) is 0 Å². The van der Waals surface area contributed by atoms with Gasteiger partial charge in [0.05, 0.1) is 0 Å². The quantitative estimate of drug-likeness (QED) is 0.156. The highest BCUT2D eigenvalue weighted by molar-refractivity contribution is 6.23. The van der Waals surface area contributed by atoms with Crippen LogP contribution in [0.1, 0.15) is 74.9 Å². The third-order valence-electron chi connectivity index (χ3n) is 15.6. The minimum absolute atomic E-state index is 0.0607. The first-order valence-electron chi connectivity index (χ1n) is 22.7. The molecule has 0 aliphatic heterocycles. The largest absolute Gasteiger partial charge is 0.0619 e. The van der Waals surface area contributed by atoms with Gasteiger partial charge in [-0.3, -0.25) is 0 Å². The molecule has 0 N–H and O–H groups in total. The topological polar surface area (TPSA) is 0 Å². The van der Waals surface area contributed by atoms with E-state index in [2.05, 4.69) is 224 Å². The molecule has 3 aliphatic rings. The second-order valence-corrected chi connectivity index (χ2v) is 20.0. The van der Waals surface area contributed by atoms with Crippen LogP contribution in [0, 0.1) is 0 Å². The van der Waals surface area contributed by atoms with Gasteiger partial charge in [-0.25, -0.2) is 0 Å². The molecule has 0 bridgehead atoms. The summed E-state index contributed by atoms with van der Waals surface area (Å²) >= 11 is 0. The van der Waals surface area contributed by atoms with Gasteiger partial charge >= 0.3 is 0 Å². The molecule has 300 valence electrons. The third-order valence-corrected chi connectivity index (χ3v) is 15.6. The summed E-state index contributed by atoms with van der Waals surface area (Å²) in [7, 11) is 0. The summed E-state index contributed by atoms with van der Waals surface area (Å²) in [6.45, 7) is 14.5. The van der Waals surface area contributed by atoms with E-state index in [0.29, 0.717) is 0 Å². The Morgan fingerprint density at radius 1 is 0.254 bits per heavy atom. The average Bonchev–Trinajstić information content (AvgIpc) is 3.79. The van der Waals surface area contributed by atoms with Gasteiger partial charge in [0.25, 0.3) is 0 Å². The van der Waals surface area contributed by atoms with E-state index < -0.39 is 0 Å². The summed E-state index contributed by atoms with van der Waals surface area (Å²) < 4.78 is 0. The molecule has 0 spiro atoms. The first-order chi connectivity index (χ1) is 30.5. The number of hydrogen-bond donors (Lipinski definition) is 0. The van der Waals surface area contributed by atoms with Crippen molar-refractivity contribution >= 4 is 32.3 Å². The molecule has 0 saturated carbocycles. The Balaban J connectivity index is 0.937. The molecule has 0 unspecified atom stereocenters. The van der Waals surface area contributed by atoms with Crippen LogP contribution >= 0.6 is 0 Å². The van der Waals surface area contributed by atoms with Crippen molar-refractivity contribution in [3.8, 4) is 66.8 Å². The molecule has 63 heavy (non-hydrogen) atoms. The van der Waals surface area contributed by atoms with Crippen LogP contribution in [0.25, 0.3) is 99.1 Å². The first kappa shape index (κ1) is 36.6. The monoisotopic (exact) mass is 804 g/mol. The van der Waals surface area contributed by atoms with E-state index in [1.807, 2.05) is 0 Å². The Morgan fingerprint density at radius 3 is 1.49 bits per heavy atom. The Hall–Kier alpha value is -7.02. The molecule has 0 amide bonds. The lowest BCUT2D eigenvalue weighted by molar-refractivity contribution is 0.647. The molecule has 0 saturated heterocycles. The average molecular weight is 805 g/mol. The van der Waals surface area contributed by atoms with Crippen molar-refractivity contribution in [2.24, 2.45) is 0 Å². The van der Waals surface area contributed by atoms with E-state index in [-0.39, 0.29) is 16.2 Å². The van der Waals surface area contributed by atoms with E-state index in [1.54, 1.807) is 0 Å². The van der Waals surface area contributed by atoms with Gasteiger partial charge in [0.15, 0.2) is 0 Å². The van der Waals surface area contributed by atoms with Crippen molar-refractivity contribution in [3.63, 3.8) is 0 Å². The summed E-state index contributed by atoms with van der Waals surface area (Å²) in [5.41, 5.74) is 24.3. The van der Waals surface area contributed by atoms with Gasteiger partial charge in [-0.05, 0) is 151 Å². The Kier molecular flexibility index (Phi) is 7.29. The molecule has 0 nitrogen and oxygen atoms in total. The van der Waals surface area contributed by atoms with Crippen LogP contribution in [-0.2, 0) is 16.2 Å². The molecule has 10 aromatic carbocycles. The minimum atomic E-state index is -0.153. The maximum absolute atomic E-state index is 2.51. The number of rotatable bonds is 3. The van der Waals surface area contributed by atoms with E-state index in [9.17, 15) is 0 Å². The van der Waals surface area contributed by atoms with Gasteiger partial charge in [0, 0.05) is 16.2 Å². The molecular formula is C63H48. The zero-order chi connectivity index (χ0) is 42.6. The molecule has 13 rings (SSSR count). The van der Waals surface area contributed by atoms with E-state index in [0.717, 1.165) is 0 Å². The number of fused-ring (bicyclic) bond motifs is 13. The van der Waals surface area contributed by atoms with Gasteiger partial charge < -0.3 is 0 Å². The lowest BCUT2D eigenvalue weighted by Gasteiger charge is -2.26. The highest BCUT2D eigenvalue weighted by Crippen LogP contribution is 2.60. The predicted octanol–water partition coefficient (Wildman–Crippen LogP) is 17.1. The lowest BCUT2D eigenvalue weighted by Crippen LogP contribution is -2.18. The summed E-state index contributed by atoms with van der Waals surface area (Å²) in [5, 5.41) is 7.69. The van der Waals surface area contributed by atoms with Crippen molar-refractivity contribution in [2.45, 2.75) is 57.8 Å².